The van der Waals surface area contributed by atoms with Crippen LogP contribution in [0.5, 0.6) is 11.5 Å². The number of para-hydroxylation sites is 1. The van der Waals surface area contributed by atoms with Crippen molar-refractivity contribution in [1.29, 1.82) is 5.41 Å². The predicted molar refractivity (Wildman–Crippen MR) is 131 cm³/mol. The minimum Gasteiger partial charge on any atom is -0.457 e. The number of nitrogens with one attached hydrogen (secondary N) is 1. The first-order chi connectivity index (χ1) is 16.6. The number of benzene rings is 2. The van der Waals surface area contributed by atoms with Gasteiger partial charge in [0.15, 0.2) is 5.78 Å². The summed E-state index contributed by atoms with van der Waals surface area (Å²) in [5, 5.41) is 7.34. The van der Waals surface area contributed by atoms with Crippen LogP contribution in [0, 0.1) is 11.3 Å². The van der Waals surface area contributed by atoms with Crippen molar-refractivity contribution >= 4 is 28.8 Å². The fourth-order valence-corrected chi connectivity index (χ4v) is 4.84. The van der Waals surface area contributed by atoms with Crippen molar-refractivity contribution in [3.63, 3.8) is 0 Å². The molecule has 1 aliphatic rings. The molecule has 2 aromatic heterocycles. The molecule has 0 aliphatic heterocycles. The number of imidazole rings is 1. The van der Waals surface area contributed by atoms with E-state index in [1.165, 1.54) is 0 Å². The quantitative estimate of drug-likeness (QED) is 0.415. The van der Waals surface area contributed by atoms with Crippen molar-refractivity contribution in [3.05, 3.63) is 77.3 Å². The number of carbonyl (C=O) groups excluding carboxylic acids is 1. The number of fused-ring (bicyclic) bond motifs is 1. The highest BCUT2D eigenvalue weighted by molar-refractivity contribution is 6.27. The molecule has 34 heavy (non-hydrogen) atoms. The van der Waals surface area contributed by atoms with Crippen LogP contribution in [0.4, 0.5) is 5.82 Å². The van der Waals surface area contributed by atoms with Crippen LogP contribution < -0.4 is 16.2 Å². The first-order valence-electron chi connectivity index (χ1n) is 11.3. The van der Waals surface area contributed by atoms with Gasteiger partial charge >= 0.3 is 5.69 Å². The Bertz CT molecular complexity index is 1410. The van der Waals surface area contributed by atoms with E-state index in [-0.39, 0.29) is 29.3 Å². The molecular formula is C26H25N5O3. The molecule has 5 rings (SSSR count). The van der Waals surface area contributed by atoms with Crippen molar-refractivity contribution < 1.29 is 9.53 Å². The summed E-state index contributed by atoms with van der Waals surface area (Å²) in [7, 11) is 0. The van der Waals surface area contributed by atoms with Gasteiger partial charge in [-0.1, -0.05) is 24.6 Å². The third kappa shape index (κ3) is 3.87. The van der Waals surface area contributed by atoms with Crippen molar-refractivity contribution in [2.75, 3.05) is 5.73 Å². The number of aromatic nitrogens is 3. The minimum absolute atomic E-state index is 0.151. The van der Waals surface area contributed by atoms with Crippen LogP contribution in [0.1, 0.15) is 31.7 Å². The number of pyridine rings is 1. The van der Waals surface area contributed by atoms with E-state index in [4.69, 9.17) is 15.9 Å². The van der Waals surface area contributed by atoms with Gasteiger partial charge in [0.1, 0.15) is 22.8 Å². The van der Waals surface area contributed by atoms with Crippen LogP contribution in [0.15, 0.2) is 71.7 Å². The Kier molecular flexibility index (Phi) is 5.71. The summed E-state index contributed by atoms with van der Waals surface area (Å²) in [6.45, 7) is 0. The van der Waals surface area contributed by atoms with Crippen molar-refractivity contribution in [3.8, 4) is 17.2 Å². The number of nitrogens with two attached hydrogens (primary N) is 1. The summed E-state index contributed by atoms with van der Waals surface area (Å²) in [4.78, 5) is 30.1. The normalized spacial score (nSPS) is 18.0. The molecule has 2 heterocycles. The summed E-state index contributed by atoms with van der Waals surface area (Å²) in [6, 6.07) is 18.4. The van der Waals surface area contributed by atoms with Crippen molar-refractivity contribution in [1.82, 2.24) is 14.1 Å². The number of hydrogen-bond acceptors (Lipinski definition) is 6. The Hall–Kier alpha value is -4.20. The molecule has 0 radical (unpaired) electrons. The van der Waals surface area contributed by atoms with Gasteiger partial charge in [0.05, 0.1) is 17.4 Å². The molecule has 8 nitrogen and oxygen atoms in total. The molecule has 0 saturated heterocycles. The van der Waals surface area contributed by atoms with Gasteiger partial charge in [-0.15, -0.1) is 0 Å². The van der Waals surface area contributed by atoms with Crippen molar-refractivity contribution in [2.45, 2.75) is 31.7 Å². The number of rotatable bonds is 6. The monoisotopic (exact) mass is 455 g/mol. The van der Waals surface area contributed by atoms with Gasteiger partial charge < -0.3 is 15.9 Å². The maximum Gasteiger partial charge on any atom is 0.334 e. The molecule has 8 heteroatoms. The lowest BCUT2D eigenvalue weighted by Crippen LogP contribution is -2.32. The van der Waals surface area contributed by atoms with Crippen LogP contribution in [0.3, 0.4) is 0 Å². The number of ketones is 1. The van der Waals surface area contributed by atoms with Gasteiger partial charge in [-0.25, -0.2) is 9.78 Å². The first kappa shape index (κ1) is 21.6. The van der Waals surface area contributed by atoms with E-state index in [1.54, 1.807) is 21.4 Å². The second-order valence-corrected chi connectivity index (χ2v) is 8.52. The van der Waals surface area contributed by atoms with Gasteiger partial charge in [-0.3, -0.25) is 13.9 Å². The van der Waals surface area contributed by atoms with E-state index in [9.17, 15) is 9.59 Å². The maximum atomic E-state index is 13.7. The van der Waals surface area contributed by atoms with Gasteiger partial charge in [-0.2, -0.15) is 0 Å². The number of anilines is 1. The Morgan fingerprint density at radius 3 is 2.53 bits per heavy atom. The van der Waals surface area contributed by atoms with Crippen molar-refractivity contribution in [2.24, 2.45) is 5.92 Å². The lowest BCUT2D eigenvalue weighted by atomic mass is 9.83. The Morgan fingerprint density at radius 2 is 1.79 bits per heavy atom. The average molecular weight is 456 g/mol. The van der Waals surface area contributed by atoms with Crippen LogP contribution in [0.2, 0.25) is 0 Å². The lowest BCUT2D eigenvalue weighted by Gasteiger charge is -2.28. The average Bonchev–Trinajstić information content (AvgIpc) is 3.17. The fourth-order valence-electron chi connectivity index (χ4n) is 4.84. The zero-order valence-electron chi connectivity index (χ0n) is 18.6. The van der Waals surface area contributed by atoms with E-state index < -0.39 is 0 Å². The number of carbonyl (C=O) groups is 1. The van der Waals surface area contributed by atoms with E-state index in [0.29, 0.717) is 28.9 Å². The summed E-state index contributed by atoms with van der Waals surface area (Å²) >= 11 is 0. The molecule has 1 aliphatic carbocycles. The standard InChI is InChI=1S/C26H25N5O3/c27-16-23(32)17-5-4-6-19(15-17)30-22-13-14-29-25(28)24(22)31(26(30)33)18-9-11-21(12-10-18)34-20-7-2-1-3-8-20/h1-3,7-14,16-17,19,27H,4-6,15H2,(H2,28,29). The number of hydrogen-bond donors (Lipinski definition) is 2. The molecule has 2 unspecified atom stereocenters. The topological polar surface area (TPSA) is 116 Å². The smallest absolute Gasteiger partial charge is 0.334 e. The number of nitrogen functional groups attached to an aromatic ring is 1. The van der Waals surface area contributed by atoms with Gasteiger partial charge in [-0.05, 0) is 61.7 Å². The number of nitrogens with zero attached hydrogens (tertiary/aromatic N) is 3. The Balaban J connectivity index is 1.56. The highest BCUT2D eigenvalue weighted by Gasteiger charge is 2.30. The van der Waals surface area contributed by atoms with Crippen LogP contribution in [-0.4, -0.2) is 26.1 Å². The van der Waals surface area contributed by atoms with Gasteiger partial charge in [0.25, 0.3) is 0 Å². The zero-order valence-corrected chi connectivity index (χ0v) is 18.6. The molecule has 2 atom stereocenters. The second kappa shape index (κ2) is 8.97. The van der Waals surface area contributed by atoms with E-state index >= 15 is 0 Å². The third-order valence-corrected chi connectivity index (χ3v) is 6.44. The number of Topliss-reactive ketones (excluding diaryl/α,β-unsaturated/α-hetero) is 1. The highest BCUT2D eigenvalue weighted by atomic mass is 16.5. The van der Waals surface area contributed by atoms with E-state index in [2.05, 4.69) is 4.98 Å². The predicted octanol–water partition coefficient (Wildman–Crippen LogP) is 4.51. The molecule has 2 aromatic carbocycles. The van der Waals surface area contributed by atoms with Gasteiger partial charge in [0, 0.05) is 18.2 Å². The van der Waals surface area contributed by atoms with Gasteiger partial charge in [0.2, 0.25) is 0 Å². The SMILES string of the molecule is N=CC(=O)C1CCCC(n2c(=O)n(-c3ccc(Oc4ccccc4)cc3)c3c(N)nccc32)C1. The third-order valence-electron chi connectivity index (χ3n) is 6.44. The fraction of sp³-hybridized carbons (Fsp3) is 0.231. The largest absolute Gasteiger partial charge is 0.457 e. The first-order valence-corrected chi connectivity index (χ1v) is 11.3. The minimum atomic E-state index is -0.241. The summed E-state index contributed by atoms with van der Waals surface area (Å²) in [5.41, 5.74) is 7.91. The molecule has 1 saturated carbocycles. The van der Waals surface area contributed by atoms with E-state index in [0.717, 1.165) is 31.2 Å². The zero-order chi connectivity index (χ0) is 23.7. The highest BCUT2D eigenvalue weighted by Crippen LogP contribution is 2.35. The van der Waals surface area contributed by atoms with Crippen LogP contribution in [-0.2, 0) is 4.79 Å². The molecule has 0 amide bonds. The second-order valence-electron chi connectivity index (χ2n) is 8.52. The van der Waals surface area contributed by atoms with Crippen LogP contribution in [0.25, 0.3) is 16.7 Å². The molecule has 0 spiro atoms. The molecular weight excluding hydrogens is 430 g/mol. The molecule has 172 valence electrons. The molecule has 0 bridgehead atoms. The summed E-state index contributed by atoms with van der Waals surface area (Å²) < 4.78 is 9.19. The maximum absolute atomic E-state index is 13.7. The lowest BCUT2D eigenvalue weighted by molar-refractivity contribution is -0.117. The number of ether oxygens (including phenoxy) is 1. The van der Waals surface area contributed by atoms with Crippen LogP contribution >= 0.6 is 0 Å². The van der Waals surface area contributed by atoms with E-state index in [1.807, 2.05) is 54.6 Å². The molecule has 3 N–H and O–H groups in total. The summed E-state index contributed by atoms with van der Waals surface area (Å²) in [5.74, 6) is 1.22. The Morgan fingerprint density at radius 1 is 1.06 bits per heavy atom. The molecule has 1 fully saturated rings. The molecule has 4 aromatic rings. The Labute approximate surface area is 196 Å². The summed E-state index contributed by atoms with van der Waals surface area (Å²) in [6.07, 6.45) is 5.36.